The Labute approximate surface area is 106 Å². The predicted octanol–water partition coefficient (Wildman–Crippen LogP) is 3.53. The van der Waals surface area contributed by atoms with Crippen LogP contribution in [-0.2, 0) is 6.42 Å². The van der Waals surface area contributed by atoms with Gasteiger partial charge in [0.1, 0.15) is 5.75 Å². The van der Waals surface area contributed by atoms with Crippen molar-refractivity contribution in [1.29, 1.82) is 0 Å². The fraction of sp³-hybridized carbons (Fsp3) is 0.0625. The molecule has 3 rings (SSSR count). The van der Waals surface area contributed by atoms with E-state index in [9.17, 15) is 5.11 Å². The highest BCUT2D eigenvalue weighted by Gasteiger charge is 2.03. The Balaban J connectivity index is 2.05. The lowest BCUT2D eigenvalue weighted by Gasteiger charge is -2.06. The molecule has 1 heterocycles. The van der Waals surface area contributed by atoms with Crippen molar-refractivity contribution in [3.63, 3.8) is 0 Å². The number of phenolic OH excluding ortho intramolecular Hbond substituents is 1. The molecule has 1 N–H and O–H groups in total. The maximum Gasteiger partial charge on any atom is 0.115 e. The number of para-hydroxylation sites is 1. The molecule has 0 fully saturated rings. The molecule has 2 nitrogen and oxygen atoms in total. The number of hydrogen-bond acceptors (Lipinski definition) is 2. The number of rotatable bonds is 2. The Morgan fingerprint density at radius 1 is 0.944 bits per heavy atom. The van der Waals surface area contributed by atoms with Crippen LogP contribution in [0.5, 0.6) is 5.75 Å². The van der Waals surface area contributed by atoms with E-state index in [4.69, 9.17) is 0 Å². The second-order valence-electron chi connectivity index (χ2n) is 4.33. The lowest BCUT2D eigenvalue weighted by molar-refractivity contribution is 0.474. The van der Waals surface area contributed by atoms with E-state index < -0.39 is 0 Å². The number of phenols is 1. The van der Waals surface area contributed by atoms with Gasteiger partial charge in [0, 0.05) is 11.6 Å². The third kappa shape index (κ3) is 2.05. The molecule has 18 heavy (non-hydrogen) atoms. The Bertz CT molecular complexity index is 686. The van der Waals surface area contributed by atoms with Crippen LogP contribution in [0.2, 0.25) is 0 Å². The normalized spacial score (nSPS) is 10.7. The molecule has 0 amide bonds. The molecule has 0 saturated carbocycles. The zero-order chi connectivity index (χ0) is 12.4. The van der Waals surface area contributed by atoms with Crippen molar-refractivity contribution in [2.45, 2.75) is 6.42 Å². The van der Waals surface area contributed by atoms with Gasteiger partial charge in [0.2, 0.25) is 0 Å². The number of fused-ring (bicyclic) bond motifs is 1. The Morgan fingerprint density at radius 2 is 1.83 bits per heavy atom. The summed E-state index contributed by atoms with van der Waals surface area (Å²) in [5, 5.41) is 10.7. The first-order valence-corrected chi connectivity index (χ1v) is 5.93. The molecule has 0 aliphatic rings. The summed E-state index contributed by atoms with van der Waals surface area (Å²) in [6.07, 6.45) is 2.64. The molecule has 0 bridgehead atoms. The van der Waals surface area contributed by atoms with E-state index in [1.54, 1.807) is 12.1 Å². The van der Waals surface area contributed by atoms with Crippen molar-refractivity contribution < 1.29 is 5.11 Å². The average Bonchev–Trinajstić information content (AvgIpc) is 2.39. The van der Waals surface area contributed by atoms with Crippen LogP contribution in [0.4, 0.5) is 0 Å². The first-order chi connectivity index (χ1) is 8.83. The zero-order valence-electron chi connectivity index (χ0n) is 9.88. The number of aromatic hydroxyl groups is 1. The highest BCUT2D eigenvalue weighted by Crippen LogP contribution is 2.21. The van der Waals surface area contributed by atoms with Gasteiger partial charge >= 0.3 is 0 Å². The maximum atomic E-state index is 9.49. The number of pyridine rings is 1. The predicted molar refractivity (Wildman–Crippen MR) is 72.7 cm³/mol. The lowest BCUT2D eigenvalue weighted by Crippen LogP contribution is -1.91. The molecule has 0 unspecified atom stereocenters. The largest absolute Gasteiger partial charge is 0.508 e. The van der Waals surface area contributed by atoms with Crippen molar-refractivity contribution in [3.8, 4) is 5.75 Å². The summed E-state index contributed by atoms with van der Waals surface area (Å²) in [4.78, 5) is 4.35. The molecule has 0 aliphatic carbocycles. The number of benzene rings is 2. The van der Waals surface area contributed by atoms with E-state index in [2.05, 4.69) is 11.1 Å². The van der Waals surface area contributed by atoms with Crippen LogP contribution in [0.3, 0.4) is 0 Å². The molecule has 2 aromatic carbocycles. The first kappa shape index (κ1) is 10.8. The number of hydrogen-bond donors (Lipinski definition) is 1. The van der Waals surface area contributed by atoms with E-state index >= 15 is 0 Å². The van der Waals surface area contributed by atoms with Gasteiger partial charge in [-0.25, -0.2) is 0 Å². The van der Waals surface area contributed by atoms with Crippen molar-refractivity contribution in [1.82, 2.24) is 4.98 Å². The average molecular weight is 235 g/mol. The van der Waals surface area contributed by atoms with Crippen molar-refractivity contribution in [3.05, 3.63) is 71.9 Å². The molecular formula is C16H13NO. The molecule has 1 aromatic heterocycles. The minimum Gasteiger partial charge on any atom is -0.508 e. The number of aromatic nitrogens is 1. The molecule has 0 aliphatic heterocycles. The van der Waals surface area contributed by atoms with Gasteiger partial charge in [-0.2, -0.15) is 0 Å². The standard InChI is InChI=1S/C16H13NO/c18-14-5-3-4-12(11-14)10-13-8-9-17-16-7-2-1-6-15(13)16/h1-9,11,18H,10H2. The van der Waals surface area contributed by atoms with E-state index in [1.807, 2.05) is 42.6 Å². The van der Waals surface area contributed by atoms with Gasteiger partial charge in [-0.1, -0.05) is 30.3 Å². The van der Waals surface area contributed by atoms with Crippen LogP contribution < -0.4 is 0 Å². The quantitative estimate of drug-likeness (QED) is 0.737. The summed E-state index contributed by atoms with van der Waals surface area (Å²) in [5.74, 6) is 0.311. The molecule has 88 valence electrons. The van der Waals surface area contributed by atoms with Gasteiger partial charge in [0.05, 0.1) is 5.52 Å². The molecule has 3 aromatic rings. The van der Waals surface area contributed by atoms with Gasteiger partial charge in [0.15, 0.2) is 0 Å². The minimum absolute atomic E-state index is 0.311. The van der Waals surface area contributed by atoms with Gasteiger partial charge < -0.3 is 5.11 Å². The molecular weight excluding hydrogens is 222 g/mol. The summed E-state index contributed by atoms with van der Waals surface area (Å²) < 4.78 is 0. The SMILES string of the molecule is Oc1cccc(Cc2ccnc3ccccc23)c1. The smallest absolute Gasteiger partial charge is 0.115 e. The summed E-state index contributed by atoms with van der Waals surface area (Å²) >= 11 is 0. The summed E-state index contributed by atoms with van der Waals surface area (Å²) in [7, 11) is 0. The second kappa shape index (κ2) is 4.49. The highest BCUT2D eigenvalue weighted by atomic mass is 16.3. The van der Waals surface area contributed by atoms with Crippen LogP contribution in [-0.4, -0.2) is 10.1 Å². The van der Waals surface area contributed by atoms with Crippen molar-refractivity contribution in [2.75, 3.05) is 0 Å². The van der Waals surface area contributed by atoms with Crippen LogP contribution in [0.25, 0.3) is 10.9 Å². The second-order valence-corrected chi connectivity index (χ2v) is 4.33. The van der Waals surface area contributed by atoms with E-state index in [1.165, 1.54) is 10.9 Å². The topological polar surface area (TPSA) is 33.1 Å². The third-order valence-corrected chi connectivity index (χ3v) is 3.04. The van der Waals surface area contributed by atoms with E-state index in [0.717, 1.165) is 17.5 Å². The fourth-order valence-corrected chi connectivity index (χ4v) is 2.20. The lowest BCUT2D eigenvalue weighted by atomic mass is 10.0. The van der Waals surface area contributed by atoms with Crippen LogP contribution in [0.1, 0.15) is 11.1 Å². The molecule has 0 saturated heterocycles. The summed E-state index contributed by atoms with van der Waals surface area (Å²) in [6.45, 7) is 0. The van der Waals surface area contributed by atoms with Gasteiger partial charge in [-0.15, -0.1) is 0 Å². The Morgan fingerprint density at radius 3 is 2.72 bits per heavy atom. The highest BCUT2D eigenvalue weighted by molar-refractivity contribution is 5.82. The van der Waals surface area contributed by atoms with E-state index in [0.29, 0.717) is 5.75 Å². The van der Waals surface area contributed by atoms with Crippen LogP contribution in [0.15, 0.2) is 60.8 Å². The summed E-state index contributed by atoms with van der Waals surface area (Å²) in [5.41, 5.74) is 3.34. The maximum absolute atomic E-state index is 9.49. The fourth-order valence-electron chi connectivity index (χ4n) is 2.20. The van der Waals surface area contributed by atoms with Gasteiger partial charge in [-0.3, -0.25) is 4.98 Å². The monoisotopic (exact) mass is 235 g/mol. The molecule has 0 radical (unpaired) electrons. The third-order valence-electron chi connectivity index (χ3n) is 3.04. The molecule has 0 spiro atoms. The van der Waals surface area contributed by atoms with Crippen LogP contribution >= 0.6 is 0 Å². The van der Waals surface area contributed by atoms with Crippen LogP contribution in [0, 0.1) is 0 Å². The Hall–Kier alpha value is -2.35. The van der Waals surface area contributed by atoms with Crippen molar-refractivity contribution in [2.24, 2.45) is 0 Å². The minimum atomic E-state index is 0.311. The molecule has 2 heteroatoms. The van der Waals surface area contributed by atoms with Gasteiger partial charge in [-0.05, 0) is 41.8 Å². The summed E-state index contributed by atoms with van der Waals surface area (Å²) in [6, 6.07) is 17.5. The number of nitrogens with zero attached hydrogens (tertiary/aromatic N) is 1. The van der Waals surface area contributed by atoms with E-state index in [-0.39, 0.29) is 0 Å². The Kier molecular flexibility index (Phi) is 2.69. The van der Waals surface area contributed by atoms with Gasteiger partial charge in [0.25, 0.3) is 0 Å². The zero-order valence-corrected chi connectivity index (χ0v) is 9.88. The first-order valence-electron chi connectivity index (χ1n) is 5.93. The van der Waals surface area contributed by atoms with Crippen molar-refractivity contribution >= 4 is 10.9 Å². The molecule has 0 atom stereocenters.